The normalized spacial score (nSPS) is 10.6. The van der Waals surface area contributed by atoms with E-state index in [4.69, 9.17) is 14.0 Å². The van der Waals surface area contributed by atoms with Crippen molar-refractivity contribution < 1.29 is 18.8 Å². The number of nitrogens with one attached hydrogen (secondary N) is 1. The van der Waals surface area contributed by atoms with E-state index >= 15 is 0 Å². The topological polar surface area (TPSA) is 86.5 Å². The molecule has 4 aromatic rings. The zero-order valence-corrected chi connectivity index (χ0v) is 17.9. The van der Waals surface area contributed by atoms with Crippen LogP contribution in [0.1, 0.15) is 17.0 Å². The van der Waals surface area contributed by atoms with E-state index in [2.05, 4.69) is 15.5 Å². The van der Waals surface area contributed by atoms with Gasteiger partial charge >= 0.3 is 0 Å². The second-order valence-electron chi connectivity index (χ2n) is 7.26. The zero-order valence-electron chi connectivity index (χ0n) is 17.9. The van der Waals surface area contributed by atoms with Crippen molar-refractivity contribution in [2.45, 2.75) is 20.5 Å². The van der Waals surface area contributed by atoms with Crippen LogP contribution in [0.4, 0.5) is 5.69 Å². The molecular weight excluding hydrogens is 406 g/mol. The molecule has 32 heavy (non-hydrogen) atoms. The van der Waals surface area contributed by atoms with Crippen molar-refractivity contribution in [1.82, 2.24) is 10.1 Å². The summed E-state index contributed by atoms with van der Waals surface area (Å²) in [5, 5.41) is 6.89. The predicted molar refractivity (Wildman–Crippen MR) is 121 cm³/mol. The molecule has 0 aliphatic carbocycles. The Kier molecular flexibility index (Phi) is 6.46. The molecule has 162 valence electrons. The smallest absolute Gasteiger partial charge is 0.264 e. The Morgan fingerprint density at radius 2 is 1.78 bits per heavy atom. The van der Waals surface area contributed by atoms with Gasteiger partial charge in [0.05, 0.1) is 5.56 Å². The summed E-state index contributed by atoms with van der Waals surface area (Å²) < 4.78 is 16.8. The second kappa shape index (κ2) is 9.78. The van der Waals surface area contributed by atoms with E-state index < -0.39 is 0 Å². The summed E-state index contributed by atoms with van der Waals surface area (Å²) in [5.74, 6) is 1.67. The average molecular weight is 429 g/mol. The first-order valence-corrected chi connectivity index (χ1v) is 10.2. The maximum absolute atomic E-state index is 12.3. The molecule has 0 unspecified atom stereocenters. The molecule has 4 rings (SSSR count). The van der Waals surface area contributed by atoms with Crippen molar-refractivity contribution >= 4 is 11.6 Å². The van der Waals surface area contributed by atoms with Crippen molar-refractivity contribution in [2.75, 3.05) is 11.9 Å². The standard InChI is InChI=1S/C25H23N3O4/c1-17-8-7-10-19(14-17)30-16-24-27-25(28-32-24)20-11-4-6-13-22(20)31-15-23(29)26-21-12-5-3-9-18(21)2/h3-14H,15-16H2,1-2H3,(H,26,29). The van der Waals surface area contributed by atoms with E-state index in [1.165, 1.54) is 0 Å². The van der Waals surface area contributed by atoms with Gasteiger partial charge in [0.2, 0.25) is 5.82 Å². The first kappa shape index (κ1) is 21.1. The van der Waals surface area contributed by atoms with Crippen LogP contribution in [-0.2, 0) is 11.4 Å². The first-order valence-electron chi connectivity index (χ1n) is 10.2. The summed E-state index contributed by atoms with van der Waals surface area (Å²) in [6.07, 6.45) is 0. The van der Waals surface area contributed by atoms with Gasteiger partial charge in [-0.15, -0.1) is 0 Å². The number of benzene rings is 3. The lowest BCUT2D eigenvalue weighted by Gasteiger charge is -2.11. The van der Waals surface area contributed by atoms with E-state index in [0.717, 1.165) is 22.6 Å². The summed E-state index contributed by atoms with van der Waals surface area (Å²) in [4.78, 5) is 16.7. The van der Waals surface area contributed by atoms with Gasteiger partial charge in [0.15, 0.2) is 13.2 Å². The fourth-order valence-electron chi connectivity index (χ4n) is 3.09. The molecule has 0 radical (unpaired) electrons. The van der Waals surface area contributed by atoms with Crippen LogP contribution in [0.25, 0.3) is 11.4 Å². The highest BCUT2D eigenvalue weighted by atomic mass is 16.5. The average Bonchev–Trinajstić information content (AvgIpc) is 3.27. The van der Waals surface area contributed by atoms with Crippen LogP contribution < -0.4 is 14.8 Å². The van der Waals surface area contributed by atoms with Crippen LogP contribution in [-0.4, -0.2) is 22.7 Å². The molecule has 0 saturated carbocycles. The third-order valence-electron chi connectivity index (χ3n) is 4.73. The van der Waals surface area contributed by atoms with Crippen molar-refractivity contribution in [3.63, 3.8) is 0 Å². The number of aromatic nitrogens is 2. The number of ether oxygens (including phenoxy) is 2. The number of rotatable bonds is 8. The highest BCUT2D eigenvalue weighted by Gasteiger charge is 2.15. The SMILES string of the molecule is Cc1cccc(OCc2nc(-c3ccccc3OCC(=O)Nc3ccccc3C)no2)c1. The number of nitrogens with zero attached hydrogens (tertiary/aromatic N) is 2. The van der Waals surface area contributed by atoms with Crippen molar-refractivity contribution in [1.29, 1.82) is 0 Å². The minimum absolute atomic E-state index is 0.146. The van der Waals surface area contributed by atoms with Crippen LogP contribution in [0, 0.1) is 13.8 Å². The lowest BCUT2D eigenvalue weighted by atomic mass is 10.2. The third kappa shape index (κ3) is 5.31. The van der Waals surface area contributed by atoms with Gasteiger partial charge in [-0.2, -0.15) is 4.98 Å². The molecule has 1 heterocycles. The van der Waals surface area contributed by atoms with Gasteiger partial charge in [-0.05, 0) is 55.3 Å². The molecule has 3 aromatic carbocycles. The van der Waals surface area contributed by atoms with Gasteiger partial charge in [-0.25, -0.2) is 0 Å². The first-order chi connectivity index (χ1) is 15.6. The molecule has 0 spiro atoms. The molecule has 0 atom stereocenters. The second-order valence-corrected chi connectivity index (χ2v) is 7.26. The Morgan fingerprint density at radius 3 is 2.62 bits per heavy atom. The van der Waals surface area contributed by atoms with Gasteiger partial charge in [0, 0.05) is 5.69 Å². The zero-order chi connectivity index (χ0) is 22.3. The quantitative estimate of drug-likeness (QED) is 0.426. The largest absolute Gasteiger partial charge is 0.484 e. The Hall–Kier alpha value is -4.13. The molecule has 0 aliphatic heterocycles. The number of carbonyl (C=O) groups excluding carboxylic acids is 1. The van der Waals surface area contributed by atoms with E-state index in [0.29, 0.717) is 23.0 Å². The third-order valence-corrected chi connectivity index (χ3v) is 4.73. The molecule has 0 fully saturated rings. The number of aryl methyl sites for hydroxylation is 2. The lowest BCUT2D eigenvalue weighted by Crippen LogP contribution is -2.20. The number of para-hydroxylation sites is 2. The van der Waals surface area contributed by atoms with Gasteiger partial charge < -0.3 is 19.3 Å². The predicted octanol–water partition coefficient (Wildman–Crippen LogP) is 4.95. The molecule has 1 aromatic heterocycles. The fourth-order valence-corrected chi connectivity index (χ4v) is 3.09. The van der Waals surface area contributed by atoms with Crippen LogP contribution in [0.2, 0.25) is 0 Å². The number of amides is 1. The van der Waals surface area contributed by atoms with Crippen LogP contribution >= 0.6 is 0 Å². The number of hydrogen-bond acceptors (Lipinski definition) is 6. The summed E-state index contributed by atoms with van der Waals surface area (Å²) in [6, 6.07) is 22.5. The Labute approximate surface area is 186 Å². The summed E-state index contributed by atoms with van der Waals surface area (Å²) in [6.45, 7) is 3.93. The molecule has 1 N–H and O–H groups in total. The molecular formula is C25H23N3O4. The minimum atomic E-state index is -0.255. The maximum atomic E-state index is 12.3. The maximum Gasteiger partial charge on any atom is 0.264 e. The highest BCUT2D eigenvalue weighted by Crippen LogP contribution is 2.28. The van der Waals surface area contributed by atoms with Crippen molar-refractivity contribution in [2.24, 2.45) is 0 Å². The van der Waals surface area contributed by atoms with Crippen molar-refractivity contribution in [3.05, 3.63) is 89.8 Å². The molecule has 0 saturated heterocycles. The summed E-state index contributed by atoms with van der Waals surface area (Å²) in [5.41, 5.74) is 3.47. The van der Waals surface area contributed by atoms with Crippen LogP contribution in [0.15, 0.2) is 77.3 Å². The minimum Gasteiger partial charge on any atom is -0.484 e. The molecule has 0 aliphatic rings. The Balaban J connectivity index is 1.40. The van der Waals surface area contributed by atoms with Gasteiger partial charge in [0.1, 0.15) is 11.5 Å². The Bertz CT molecular complexity index is 1220. The van der Waals surface area contributed by atoms with E-state index in [9.17, 15) is 4.79 Å². The number of hydrogen-bond donors (Lipinski definition) is 1. The van der Waals surface area contributed by atoms with Gasteiger partial charge in [0.25, 0.3) is 11.8 Å². The number of carbonyl (C=O) groups is 1. The monoisotopic (exact) mass is 429 g/mol. The highest BCUT2D eigenvalue weighted by molar-refractivity contribution is 5.92. The van der Waals surface area contributed by atoms with Crippen LogP contribution in [0.3, 0.4) is 0 Å². The van der Waals surface area contributed by atoms with Crippen LogP contribution in [0.5, 0.6) is 11.5 Å². The van der Waals surface area contributed by atoms with Gasteiger partial charge in [-0.3, -0.25) is 4.79 Å². The molecule has 7 heteroatoms. The molecule has 1 amide bonds. The van der Waals surface area contributed by atoms with Crippen molar-refractivity contribution in [3.8, 4) is 22.9 Å². The Morgan fingerprint density at radius 1 is 0.969 bits per heavy atom. The van der Waals surface area contributed by atoms with E-state index in [1.807, 2.05) is 80.6 Å². The number of anilines is 1. The van der Waals surface area contributed by atoms with E-state index in [-0.39, 0.29) is 19.1 Å². The lowest BCUT2D eigenvalue weighted by molar-refractivity contribution is -0.118. The summed E-state index contributed by atoms with van der Waals surface area (Å²) in [7, 11) is 0. The summed E-state index contributed by atoms with van der Waals surface area (Å²) >= 11 is 0. The molecule has 0 bridgehead atoms. The van der Waals surface area contributed by atoms with Gasteiger partial charge in [-0.1, -0.05) is 47.6 Å². The fraction of sp³-hybridized carbons (Fsp3) is 0.160. The van der Waals surface area contributed by atoms with E-state index in [1.54, 1.807) is 6.07 Å². The molecule has 7 nitrogen and oxygen atoms in total.